The van der Waals surface area contributed by atoms with Crippen molar-refractivity contribution in [1.29, 1.82) is 0 Å². The molecule has 2 aromatic carbocycles. The van der Waals surface area contributed by atoms with Gasteiger partial charge in [-0.05, 0) is 0 Å². The molecule has 0 aromatic heterocycles. The van der Waals surface area contributed by atoms with Gasteiger partial charge >= 0.3 is 0 Å². The van der Waals surface area contributed by atoms with Crippen LogP contribution in [0.1, 0.15) is 20.7 Å². The number of hydrogen-bond acceptors (Lipinski definition) is 4. The number of Topliss-reactive ketones (excluding diaryl/α,β-unsaturated/α-hetero) is 3. The van der Waals surface area contributed by atoms with E-state index < -0.39 is 23.3 Å². The van der Waals surface area contributed by atoms with Crippen molar-refractivity contribution < 1.29 is 19.2 Å². The minimum Gasteiger partial charge on any atom is -0.295 e. The molecule has 0 aliphatic carbocycles. The molecule has 0 aliphatic heterocycles. The normalized spacial score (nSPS) is 10.1. The number of hydrogen-bond donors (Lipinski definition) is 0. The molecule has 0 unspecified atom stereocenters. The lowest BCUT2D eigenvalue weighted by molar-refractivity contribution is -0.130. The van der Waals surface area contributed by atoms with Crippen molar-refractivity contribution in [3.05, 3.63) is 71.8 Å². The van der Waals surface area contributed by atoms with Gasteiger partial charge < -0.3 is 0 Å². The molecule has 0 spiro atoms. The summed E-state index contributed by atoms with van der Waals surface area (Å²) in [7, 11) is 0. The molecule has 0 atom stereocenters. The van der Waals surface area contributed by atoms with Gasteiger partial charge in [-0.3, -0.25) is 19.2 Å². The Kier molecular flexibility index (Phi) is 4.51. The second-order valence-electron chi connectivity index (χ2n) is 4.41. The molecule has 0 N–H and O–H groups in total. The Morgan fingerprint density at radius 3 is 1.43 bits per heavy atom. The molecule has 0 heterocycles. The van der Waals surface area contributed by atoms with Crippen molar-refractivity contribution in [1.82, 2.24) is 0 Å². The van der Waals surface area contributed by atoms with Gasteiger partial charge in [0.25, 0.3) is 0 Å². The summed E-state index contributed by atoms with van der Waals surface area (Å²) in [5.74, 6) is -3.98. The molecule has 0 aliphatic rings. The summed E-state index contributed by atoms with van der Waals surface area (Å²) in [5, 5.41) is 0. The van der Waals surface area contributed by atoms with Crippen molar-refractivity contribution in [3.8, 4) is 0 Å². The van der Waals surface area contributed by atoms with Crippen LogP contribution in [0.2, 0.25) is 0 Å². The molecule has 4 heteroatoms. The number of ketones is 3. The van der Waals surface area contributed by atoms with Crippen molar-refractivity contribution in [2.75, 3.05) is 0 Å². The Labute approximate surface area is 121 Å². The molecular weight excluding hydrogens is 268 g/mol. The quantitative estimate of drug-likeness (QED) is 0.352. The Morgan fingerprint density at radius 1 is 0.714 bits per heavy atom. The fourth-order valence-corrected chi connectivity index (χ4v) is 1.98. The first-order valence-electron chi connectivity index (χ1n) is 6.32. The highest BCUT2D eigenvalue weighted by Crippen LogP contribution is 2.16. The zero-order valence-corrected chi connectivity index (χ0v) is 11.1. The van der Waals surface area contributed by atoms with Crippen molar-refractivity contribution in [2.45, 2.75) is 0 Å². The Bertz CT molecular complexity index is 623. The molecule has 0 radical (unpaired) electrons. The zero-order chi connectivity index (χ0) is 15.2. The summed E-state index contributed by atoms with van der Waals surface area (Å²) in [6, 6.07) is 16.0. The van der Waals surface area contributed by atoms with Gasteiger partial charge in [0, 0.05) is 11.1 Å². The predicted octanol–water partition coefficient (Wildman–Crippen LogP) is 2.14. The highest BCUT2D eigenvalue weighted by atomic mass is 16.2. The van der Waals surface area contributed by atoms with E-state index in [1.807, 2.05) is 0 Å². The Balaban J connectivity index is 2.40. The van der Waals surface area contributed by atoms with Crippen LogP contribution >= 0.6 is 0 Å². The van der Waals surface area contributed by atoms with E-state index in [9.17, 15) is 19.2 Å². The third-order valence-electron chi connectivity index (χ3n) is 3.04. The fourth-order valence-electron chi connectivity index (χ4n) is 1.98. The first-order valence-corrected chi connectivity index (χ1v) is 6.32. The lowest BCUT2D eigenvalue weighted by atomic mass is 9.87. The van der Waals surface area contributed by atoms with Gasteiger partial charge in [0.05, 0.1) is 0 Å². The van der Waals surface area contributed by atoms with Gasteiger partial charge in [0.15, 0.2) is 23.8 Å². The van der Waals surface area contributed by atoms with Gasteiger partial charge in [0.1, 0.15) is 0 Å². The number of carbonyl (C=O) groups excluding carboxylic acids is 4. The van der Waals surface area contributed by atoms with Crippen LogP contribution in [0.4, 0.5) is 0 Å². The Hall–Kier alpha value is -2.88. The van der Waals surface area contributed by atoms with Crippen molar-refractivity contribution >= 4 is 23.6 Å². The van der Waals surface area contributed by atoms with Gasteiger partial charge in [-0.15, -0.1) is 0 Å². The van der Waals surface area contributed by atoms with E-state index in [0.29, 0.717) is 0 Å². The van der Waals surface area contributed by atoms with Crippen LogP contribution in [0.5, 0.6) is 0 Å². The van der Waals surface area contributed by atoms with Gasteiger partial charge in [-0.1, -0.05) is 60.7 Å². The maximum absolute atomic E-state index is 12.4. The maximum Gasteiger partial charge on any atom is 0.213 e. The summed E-state index contributed by atoms with van der Waals surface area (Å²) in [4.78, 5) is 47.2. The molecule has 4 nitrogen and oxygen atoms in total. The van der Waals surface area contributed by atoms with E-state index in [0.717, 1.165) is 0 Å². The average molecular weight is 280 g/mol. The third kappa shape index (κ3) is 3.17. The van der Waals surface area contributed by atoms with Crippen LogP contribution in [-0.2, 0) is 9.59 Å². The van der Waals surface area contributed by atoms with E-state index in [1.165, 1.54) is 24.3 Å². The molecule has 0 fully saturated rings. The highest BCUT2D eigenvalue weighted by molar-refractivity contribution is 6.41. The second kappa shape index (κ2) is 6.52. The Morgan fingerprint density at radius 2 is 1.10 bits per heavy atom. The predicted molar refractivity (Wildman–Crippen MR) is 76.1 cm³/mol. The molecule has 0 saturated carbocycles. The molecule has 21 heavy (non-hydrogen) atoms. The van der Waals surface area contributed by atoms with Crippen LogP contribution in [0.25, 0.3) is 0 Å². The number of benzene rings is 2. The maximum atomic E-state index is 12.4. The fraction of sp³-hybridized carbons (Fsp3) is 0.0588. The first kappa shape index (κ1) is 14.5. The van der Waals surface area contributed by atoms with E-state index in [4.69, 9.17) is 0 Å². The smallest absolute Gasteiger partial charge is 0.213 e. The summed E-state index contributed by atoms with van der Waals surface area (Å²) in [5.41, 5.74) is 0.448. The third-order valence-corrected chi connectivity index (χ3v) is 3.04. The van der Waals surface area contributed by atoms with Crippen molar-refractivity contribution in [3.63, 3.8) is 0 Å². The average Bonchev–Trinajstić information content (AvgIpc) is 2.56. The largest absolute Gasteiger partial charge is 0.295 e. The van der Waals surface area contributed by atoms with E-state index in [2.05, 4.69) is 0 Å². The van der Waals surface area contributed by atoms with Crippen molar-refractivity contribution in [2.24, 2.45) is 5.92 Å². The van der Waals surface area contributed by atoms with Crippen LogP contribution in [0.3, 0.4) is 0 Å². The van der Waals surface area contributed by atoms with Crippen LogP contribution in [0.15, 0.2) is 60.7 Å². The van der Waals surface area contributed by atoms with Crippen LogP contribution in [0, 0.1) is 5.92 Å². The monoisotopic (exact) mass is 280 g/mol. The molecule has 0 amide bonds. The summed E-state index contributed by atoms with van der Waals surface area (Å²) >= 11 is 0. The van der Waals surface area contributed by atoms with E-state index in [1.54, 1.807) is 36.4 Å². The molecule has 0 saturated heterocycles. The minimum atomic E-state index is -1.62. The lowest BCUT2D eigenvalue weighted by Crippen LogP contribution is -2.33. The topological polar surface area (TPSA) is 68.3 Å². The van der Waals surface area contributed by atoms with E-state index in [-0.39, 0.29) is 17.4 Å². The first-order chi connectivity index (χ1) is 10.1. The summed E-state index contributed by atoms with van der Waals surface area (Å²) in [6.07, 6.45) is 0.0202. The minimum absolute atomic E-state index is 0.0202. The molecule has 2 rings (SSSR count). The molecule has 0 bridgehead atoms. The van der Waals surface area contributed by atoms with E-state index >= 15 is 0 Å². The standard InChI is InChI=1S/C17H12O4/c18-11-14(19)15(16(20)12-7-3-1-4-8-12)17(21)13-9-5-2-6-10-13/h1-11,15H. The number of carbonyl (C=O) groups is 4. The highest BCUT2D eigenvalue weighted by Gasteiger charge is 2.34. The number of rotatable bonds is 6. The zero-order valence-electron chi connectivity index (χ0n) is 11.1. The molecular formula is C17H12O4. The lowest BCUT2D eigenvalue weighted by Gasteiger charge is -2.11. The van der Waals surface area contributed by atoms with Crippen LogP contribution in [-0.4, -0.2) is 23.6 Å². The summed E-state index contributed by atoms with van der Waals surface area (Å²) < 4.78 is 0. The van der Waals surface area contributed by atoms with Gasteiger partial charge in [0.2, 0.25) is 5.78 Å². The number of aldehydes is 1. The second-order valence-corrected chi connectivity index (χ2v) is 4.41. The van der Waals surface area contributed by atoms with Gasteiger partial charge in [-0.2, -0.15) is 0 Å². The molecule has 2 aromatic rings. The van der Waals surface area contributed by atoms with Crippen LogP contribution < -0.4 is 0 Å². The SMILES string of the molecule is O=CC(=O)C(C(=O)c1ccccc1)C(=O)c1ccccc1. The summed E-state index contributed by atoms with van der Waals surface area (Å²) in [6.45, 7) is 0. The molecule has 104 valence electrons. The van der Waals surface area contributed by atoms with Gasteiger partial charge in [-0.25, -0.2) is 0 Å².